The predicted molar refractivity (Wildman–Crippen MR) is 118 cm³/mol. The topological polar surface area (TPSA) is 51.7 Å². The molecule has 0 N–H and O–H groups in total. The Labute approximate surface area is 177 Å². The number of rotatable bonds is 7. The van der Waals surface area contributed by atoms with Crippen molar-refractivity contribution in [3.63, 3.8) is 0 Å². The van der Waals surface area contributed by atoms with Crippen LogP contribution in [-0.2, 0) is 10.5 Å². The summed E-state index contributed by atoms with van der Waals surface area (Å²) in [7, 11) is 0. The number of pyridine rings is 1. The van der Waals surface area contributed by atoms with E-state index in [0.29, 0.717) is 12.5 Å². The van der Waals surface area contributed by atoms with E-state index in [9.17, 15) is 4.79 Å². The first-order valence-corrected chi connectivity index (χ1v) is 11.6. The van der Waals surface area contributed by atoms with Gasteiger partial charge in [-0.05, 0) is 56.6 Å². The maximum Gasteiger partial charge on any atom is 0.410 e. The Morgan fingerprint density at radius 1 is 1.17 bits per heavy atom. The molecule has 0 radical (unpaired) electrons. The maximum absolute atomic E-state index is 12.0. The molecule has 0 saturated carbocycles. The number of likely N-dealkylation sites (tertiary alicyclic amines) is 1. The van der Waals surface area contributed by atoms with Crippen molar-refractivity contribution in [2.75, 3.05) is 26.0 Å². The molecule has 5 nitrogen and oxygen atoms in total. The van der Waals surface area contributed by atoms with Gasteiger partial charge in [-0.25, -0.2) is 4.79 Å². The molecule has 1 aromatic carbocycles. The Morgan fingerprint density at radius 3 is 2.48 bits per heavy atom. The minimum absolute atomic E-state index is 0.0766. The molecular formula is C23H30N2O3S. The lowest BCUT2D eigenvalue weighted by Gasteiger charge is -2.31. The van der Waals surface area contributed by atoms with Crippen molar-refractivity contribution in [3.8, 4) is 17.0 Å². The van der Waals surface area contributed by atoms with Crippen LogP contribution in [0.5, 0.6) is 5.75 Å². The molecule has 2 heterocycles. The molecule has 1 fully saturated rings. The van der Waals surface area contributed by atoms with E-state index >= 15 is 0 Å². The van der Waals surface area contributed by atoms with Crippen molar-refractivity contribution >= 4 is 17.9 Å². The maximum atomic E-state index is 12.0. The van der Waals surface area contributed by atoms with E-state index in [0.717, 1.165) is 48.7 Å². The van der Waals surface area contributed by atoms with E-state index in [4.69, 9.17) is 9.47 Å². The lowest BCUT2D eigenvalue weighted by atomic mass is 9.98. The van der Waals surface area contributed by atoms with Crippen LogP contribution < -0.4 is 4.74 Å². The number of piperidine rings is 1. The molecule has 0 aliphatic carbocycles. The number of aromatic nitrogens is 1. The highest BCUT2D eigenvalue weighted by molar-refractivity contribution is 7.97. The predicted octanol–water partition coefficient (Wildman–Crippen LogP) is 5.25. The fraction of sp³-hybridized carbons (Fsp3) is 0.478. The Hall–Kier alpha value is -2.21. The van der Waals surface area contributed by atoms with Crippen LogP contribution in [0.3, 0.4) is 0 Å². The number of thioether (sulfide) groups is 1. The molecule has 29 heavy (non-hydrogen) atoms. The zero-order valence-electron chi connectivity index (χ0n) is 17.5. The summed E-state index contributed by atoms with van der Waals surface area (Å²) < 4.78 is 11.2. The van der Waals surface area contributed by atoms with Gasteiger partial charge in [-0.3, -0.25) is 4.98 Å². The van der Waals surface area contributed by atoms with Gasteiger partial charge in [-0.15, -0.1) is 0 Å². The average Bonchev–Trinajstić information content (AvgIpc) is 2.73. The summed E-state index contributed by atoms with van der Waals surface area (Å²) in [5, 5.41) is 0. The summed E-state index contributed by atoms with van der Waals surface area (Å²) in [6, 6.07) is 12.5. The normalized spacial score (nSPS) is 14.8. The van der Waals surface area contributed by atoms with Crippen LogP contribution in [0.2, 0.25) is 0 Å². The molecule has 1 saturated heterocycles. The van der Waals surface area contributed by atoms with Gasteiger partial charge in [0.2, 0.25) is 0 Å². The van der Waals surface area contributed by atoms with Gasteiger partial charge in [-0.2, -0.15) is 11.8 Å². The lowest BCUT2D eigenvalue weighted by molar-refractivity contribution is 0.0608. The van der Waals surface area contributed by atoms with Crippen molar-refractivity contribution in [2.45, 2.75) is 38.5 Å². The zero-order valence-corrected chi connectivity index (χ0v) is 18.3. The second-order valence-electron chi connectivity index (χ2n) is 7.68. The van der Waals surface area contributed by atoms with Crippen LogP contribution in [0, 0.1) is 5.92 Å². The fourth-order valence-electron chi connectivity index (χ4n) is 3.35. The summed E-state index contributed by atoms with van der Waals surface area (Å²) in [6.07, 6.45) is 5.48. The Bertz CT molecular complexity index is 770. The Kier molecular flexibility index (Phi) is 7.81. The summed E-state index contributed by atoms with van der Waals surface area (Å²) in [4.78, 5) is 18.3. The summed E-state index contributed by atoms with van der Waals surface area (Å²) >= 11 is 1.82. The van der Waals surface area contributed by atoms with Gasteiger partial charge in [0.1, 0.15) is 5.75 Å². The van der Waals surface area contributed by atoms with Crippen molar-refractivity contribution in [1.82, 2.24) is 9.88 Å². The smallest absolute Gasteiger partial charge is 0.410 e. The first-order chi connectivity index (χ1) is 14.0. The SMILES string of the molecule is CSCc1ccc(-c2ccc(OCC3CCN(C(=O)OC(C)C)CC3)cn2)cc1. The number of amides is 1. The summed E-state index contributed by atoms with van der Waals surface area (Å²) in [5.41, 5.74) is 3.39. The standard InChI is InChI=1S/C23H30N2O3S/c1-17(2)28-23(26)25-12-10-18(11-13-25)15-27-21-8-9-22(24-14-21)20-6-4-19(5-7-20)16-29-3/h4-9,14,17-18H,10-13,15-16H2,1-3H3. The van der Waals surface area contributed by atoms with E-state index < -0.39 is 0 Å². The first-order valence-electron chi connectivity index (χ1n) is 10.2. The second-order valence-corrected chi connectivity index (χ2v) is 8.55. The quantitative estimate of drug-likeness (QED) is 0.619. The minimum atomic E-state index is -0.208. The largest absolute Gasteiger partial charge is 0.492 e. The molecule has 1 aliphatic heterocycles. The highest BCUT2D eigenvalue weighted by atomic mass is 32.2. The van der Waals surface area contributed by atoms with Crippen LogP contribution in [0.15, 0.2) is 42.6 Å². The third kappa shape index (κ3) is 6.39. The van der Waals surface area contributed by atoms with Crippen LogP contribution in [0.25, 0.3) is 11.3 Å². The van der Waals surface area contributed by atoms with Crippen molar-refractivity contribution in [2.24, 2.45) is 5.92 Å². The van der Waals surface area contributed by atoms with E-state index in [1.54, 1.807) is 11.1 Å². The van der Waals surface area contributed by atoms with Gasteiger partial charge >= 0.3 is 6.09 Å². The van der Waals surface area contributed by atoms with Gasteiger partial charge < -0.3 is 14.4 Å². The van der Waals surface area contributed by atoms with E-state index in [2.05, 4.69) is 35.5 Å². The van der Waals surface area contributed by atoms with Gasteiger partial charge in [-0.1, -0.05) is 24.3 Å². The molecule has 2 aromatic rings. The summed E-state index contributed by atoms with van der Waals surface area (Å²) in [6.45, 7) is 5.85. The monoisotopic (exact) mass is 414 g/mol. The fourth-order valence-corrected chi connectivity index (χ4v) is 3.87. The number of ether oxygens (including phenoxy) is 2. The first kappa shape index (κ1) is 21.5. The van der Waals surface area contributed by atoms with Crippen LogP contribution >= 0.6 is 11.8 Å². The third-order valence-corrected chi connectivity index (χ3v) is 5.61. The minimum Gasteiger partial charge on any atom is -0.492 e. The third-order valence-electron chi connectivity index (χ3n) is 4.99. The van der Waals surface area contributed by atoms with Gasteiger partial charge in [0, 0.05) is 24.4 Å². The number of hydrogen-bond acceptors (Lipinski definition) is 5. The van der Waals surface area contributed by atoms with Gasteiger partial charge in [0.05, 0.1) is 24.6 Å². The van der Waals surface area contributed by atoms with Crippen LogP contribution in [0.1, 0.15) is 32.3 Å². The van der Waals surface area contributed by atoms with Crippen molar-refractivity contribution in [3.05, 3.63) is 48.2 Å². The number of nitrogens with zero attached hydrogens (tertiary/aromatic N) is 2. The second kappa shape index (κ2) is 10.5. The zero-order chi connectivity index (χ0) is 20.6. The van der Waals surface area contributed by atoms with E-state index in [1.807, 2.05) is 37.7 Å². The highest BCUT2D eigenvalue weighted by Crippen LogP contribution is 2.23. The average molecular weight is 415 g/mol. The molecule has 0 unspecified atom stereocenters. The van der Waals surface area contributed by atoms with Crippen LogP contribution in [0.4, 0.5) is 4.79 Å². The molecule has 3 rings (SSSR count). The molecule has 6 heteroatoms. The molecule has 1 amide bonds. The molecule has 156 valence electrons. The Morgan fingerprint density at radius 2 is 1.90 bits per heavy atom. The highest BCUT2D eigenvalue weighted by Gasteiger charge is 2.24. The molecule has 0 spiro atoms. The Balaban J connectivity index is 1.45. The van der Waals surface area contributed by atoms with Crippen molar-refractivity contribution in [1.29, 1.82) is 0 Å². The molecule has 1 aliphatic rings. The van der Waals surface area contributed by atoms with Gasteiger partial charge in [0.15, 0.2) is 0 Å². The molecule has 1 aromatic heterocycles. The van der Waals surface area contributed by atoms with E-state index in [-0.39, 0.29) is 12.2 Å². The number of hydrogen-bond donors (Lipinski definition) is 0. The lowest BCUT2D eigenvalue weighted by Crippen LogP contribution is -2.40. The molecular weight excluding hydrogens is 384 g/mol. The van der Waals surface area contributed by atoms with Crippen molar-refractivity contribution < 1.29 is 14.3 Å². The van der Waals surface area contributed by atoms with E-state index in [1.165, 1.54) is 5.56 Å². The molecule has 0 bridgehead atoms. The van der Waals surface area contributed by atoms with Gasteiger partial charge in [0.25, 0.3) is 0 Å². The number of carbonyl (C=O) groups is 1. The summed E-state index contributed by atoms with van der Waals surface area (Å²) in [5.74, 6) is 2.26. The molecule has 0 atom stereocenters. The van der Waals surface area contributed by atoms with Crippen LogP contribution in [-0.4, -0.2) is 48.0 Å². The number of carbonyl (C=O) groups excluding carboxylic acids is 1. The number of benzene rings is 1.